The number of nitrogens with zero attached hydrogens (tertiary/aromatic N) is 2. The molecule has 1 N–H and O–H groups in total. The van der Waals surface area contributed by atoms with E-state index in [-0.39, 0.29) is 23.0 Å². The third-order valence-electron chi connectivity index (χ3n) is 5.21. The van der Waals surface area contributed by atoms with E-state index in [9.17, 15) is 18.0 Å². The summed E-state index contributed by atoms with van der Waals surface area (Å²) in [6.07, 6.45) is -2.32. The second-order valence-corrected chi connectivity index (χ2v) is 8.28. The van der Waals surface area contributed by atoms with Crippen LogP contribution in [-0.4, -0.2) is 15.3 Å². The van der Waals surface area contributed by atoms with Crippen molar-refractivity contribution in [1.82, 2.24) is 14.7 Å². The lowest BCUT2D eigenvalue weighted by molar-refractivity contribution is -0.137. The van der Waals surface area contributed by atoms with Crippen molar-refractivity contribution < 1.29 is 18.0 Å². The summed E-state index contributed by atoms with van der Waals surface area (Å²) in [5.74, 6) is -0.317. The van der Waals surface area contributed by atoms with Crippen molar-refractivity contribution in [3.05, 3.63) is 93.4 Å². The predicted octanol–water partition coefficient (Wildman–Crippen LogP) is 6.82. The molecular formula is C24H18Cl2F3N3O. The standard InChI is InChI=1S/C24H18Cl2F3N3O/c1-2-20-22(32-13-17(26)8-10-21(32)31-20)23(33)30-12-14-3-5-15(6-4-14)18-9-7-16(25)11-19(18)24(27,28)29/h3-11,13H,2,12H2,1H3,(H,30,33). The summed E-state index contributed by atoms with van der Waals surface area (Å²) >= 11 is 11.8. The summed E-state index contributed by atoms with van der Waals surface area (Å²) in [5, 5.41) is 3.35. The summed E-state index contributed by atoms with van der Waals surface area (Å²) in [6, 6.07) is 13.7. The van der Waals surface area contributed by atoms with Gasteiger partial charge in [0, 0.05) is 17.8 Å². The molecule has 9 heteroatoms. The molecule has 4 nitrogen and oxygen atoms in total. The normalized spacial score (nSPS) is 11.7. The van der Waals surface area contributed by atoms with Crippen LogP contribution in [0.15, 0.2) is 60.8 Å². The molecule has 0 aliphatic carbocycles. The van der Waals surface area contributed by atoms with Crippen LogP contribution in [0.5, 0.6) is 0 Å². The van der Waals surface area contributed by atoms with Crippen molar-refractivity contribution in [1.29, 1.82) is 0 Å². The molecule has 33 heavy (non-hydrogen) atoms. The van der Waals surface area contributed by atoms with Gasteiger partial charge in [-0.05, 0) is 47.4 Å². The van der Waals surface area contributed by atoms with Gasteiger partial charge in [-0.3, -0.25) is 9.20 Å². The second-order valence-electron chi connectivity index (χ2n) is 7.40. The van der Waals surface area contributed by atoms with Gasteiger partial charge in [-0.2, -0.15) is 13.2 Å². The Kier molecular flexibility index (Phi) is 6.36. The molecule has 2 aromatic heterocycles. The Morgan fingerprint density at radius 3 is 2.39 bits per heavy atom. The van der Waals surface area contributed by atoms with E-state index in [0.29, 0.717) is 34.0 Å². The SMILES string of the molecule is CCc1nc2ccc(Cl)cn2c1C(=O)NCc1ccc(-c2ccc(Cl)cc2C(F)(F)F)cc1. The summed E-state index contributed by atoms with van der Waals surface area (Å²) in [5.41, 5.74) is 2.05. The van der Waals surface area contributed by atoms with Crippen LogP contribution in [0.3, 0.4) is 0 Å². The monoisotopic (exact) mass is 491 g/mol. The highest BCUT2D eigenvalue weighted by atomic mass is 35.5. The number of pyridine rings is 1. The lowest BCUT2D eigenvalue weighted by atomic mass is 9.98. The Labute approximate surface area is 198 Å². The van der Waals surface area contributed by atoms with Gasteiger partial charge in [0.15, 0.2) is 0 Å². The van der Waals surface area contributed by atoms with E-state index in [0.717, 1.165) is 11.6 Å². The number of nitrogens with one attached hydrogen (secondary N) is 1. The third-order valence-corrected chi connectivity index (χ3v) is 5.67. The minimum Gasteiger partial charge on any atom is -0.347 e. The number of imidazole rings is 1. The van der Waals surface area contributed by atoms with E-state index in [4.69, 9.17) is 23.2 Å². The van der Waals surface area contributed by atoms with Crippen molar-refractivity contribution in [2.45, 2.75) is 26.1 Å². The number of rotatable bonds is 5. The van der Waals surface area contributed by atoms with Gasteiger partial charge in [-0.25, -0.2) is 4.98 Å². The topological polar surface area (TPSA) is 46.4 Å². The van der Waals surface area contributed by atoms with Gasteiger partial charge in [-0.1, -0.05) is 60.5 Å². The maximum atomic E-state index is 13.4. The number of halogens is 5. The number of carbonyl (C=O) groups is 1. The highest BCUT2D eigenvalue weighted by Gasteiger charge is 2.33. The first-order valence-corrected chi connectivity index (χ1v) is 10.8. The highest BCUT2D eigenvalue weighted by molar-refractivity contribution is 6.31. The maximum absolute atomic E-state index is 13.4. The van der Waals surface area contributed by atoms with Crippen LogP contribution < -0.4 is 5.32 Å². The lowest BCUT2D eigenvalue weighted by Crippen LogP contribution is -2.25. The molecule has 0 saturated heterocycles. The number of aryl methyl sites for hydroxylation is 1. The zero-order valence-corrected chi connectivity index (χ0v) is 18.9. The number of hydrogen-bond donors (Lipinski definition) is 1. The molecule has 0 aliphatic rings. The van der Waals surface area contributed by atoms with Crippen LogP contribution in [0.4, 0.5) is 13.2 Å². The molecule has 2 heterocycles. The van der Waals surface area contributed by atoms with Gasteiger partial charge in [-0.15, -0.1) is 0 Å². The zero-order chi connectivity index (χ0) is 23.8. The molecule has 1 amide bonds. The highest BCUT2D eigenvalue weighted by Crippen LogP contribution is 2.38. The Morgan fingerprint density at radius 2 is 1.73 bits per heavy atom. The Hall–Kier alpha value is -3.03. The number of carbonyl (C=O) groups excluding carboxylic acids is 1. The molecule has 0 fully saturated rings. The molecule has 0 atom stereocenters. The summed E-state index contributed by atoms with van der Waals surface area (Å²) in [4.78, 5) is 17.4. The first-order chi connectivity index (χ1) is 15.7. The van der Waals surface area contributed by atoms with Crippen LogP contribution >= 0.6 is 23.2 Å². The van der Waals surface area contributed by atoms with Crippen LogP contribution in [0.1, 0.15) is 34.2 Å². The van der Waals surface area contributed by atoms with Gasteiger partial charge in [0.25, 0.3) is 5.91 Å². The number of aromatic nitrogens is 2. The fraction of sp³-hybridized carbons (Fsp3) is 0.167. The predicted molar refractivity (Wildman–Crippen MR) is 123 cm³/mol. The van der Waals surface area contributed by atoms with Gasteiger partial charge in [0.05, 0.1) is 16.3 Å². The molecular weight excluding hydrogens is 474 g/mol. The number of alkyl halides is 3. The average molecular weight is 492 g/mol. The van der Waals surface area contributed by atoms with E-state index >= 15 is 0 Å². The fourth-order valence-corrected chi connectivity index (χ4v) is 3.96. The van der Waals surface area contributed by atoms with Crippen molar-refractivity contribution in [2.75, 3.05) is 0 Å². The van der Waals surface area contributed by atoms with E-state index in [1.54, 1.807) is 47.0 Å². The Bertz CT molecular complexity index is 1330. The molecule has 0 spiro atoms. The molecule has 0 bridgehead atoms. The maximum Gasteiger partial charge on any atom is 0.417 e. The molecule has 4 aromatic rings. The van der Waals surface area contributed by atoms with Crippen LogP contribution in [0.2, 0.25) is 10.0 Å². The lowest BCUT2D eigenvalue weighted by Gasteiger charge is -2.14. The van der Waals surface area contributed by atoms with E-state index in [2.05, 4.69) is 10.3 Å². The minimum absolute atomic E-state index is 0.0190. The largest absolute Gasteiger partial charge is 0.417 e. The molecule has 0 radical (unpaired) electrons. The number of benzene rings is 2. The quantitative estimate of drug-likeness (QED) is 0.333. The number of amides is 1. The Morgan fingerprint density at radius 1 is 1.03 bits per heavy atom. The van der Waals surface area contributed by atoms with Gasteiger partial charge < -0.3 is 5.32 Å². The molecule has 0 aliphatic heterocycles. The first kappa shape index (κ1) is 23.1. The van der Waals surface area contributed by atoms with Crippen molar-refractivity contribution >= 4 is 34.8 Å². The molecule has 2 aromatic carbocycles. The fourth-order valence-electron chi connectivity index (χ4n) is 3.63. The van der Waals surface area contributed by atoms with Crippen molar-refractivity contribution in [3.8, 4) is 11.1 Å². The van der Waals surface area contributed by atoms with Crippen LogP contribution in [0.25, 0.3) is 16.8 Å². The molecule has 4 rings (SSSR count). The summed E-state index contributed by atoms with van der Waals surface area (Å²) in [6.45, 7) is 2.10. The second kappa shape index (κ2) is 9.08. The summed E-state index contributed by atoms with van der Waals surface area (Å²) in [7, 11) is 0. The number of hydrogen-bond acceptors (Lipinski definition) is 2. The number of fused-ring (bicyclic) bond motifs is 1. The smallest absolute Gasteiger partial charge is 0.347 e. The van der Waals surface area contributed by atoms with Crippen LogP contribution in [-0.2, 0) is 19.1 Å². The van der Waals surface area contributed by atoms with Gasteiger partial charge in [0.2, 0.25) is 0 Å². The minimum atomic E-state index is -4.53. The third kappa shape index (κ3) is 4.84. The average Bonchev–Trinajstić information content (AvgIpc) is 3.15. The van der Waals surface area contributed by atoms with Gasteiger partial charge in [0.1, 0.15) is 11.3 Å². The molecule has 0 unspecified atom stereocenters. The first-order valence-electron chi connectivity index (χ1n) is 10.1. The van der Waals surface area contributed by atoms with Gasteiger partial charge >= 0.3 is 6.18 Å². The van der Waals surface area contributed by atoms with E-state index in [1.165, 1.54) is 12.1 Å². The van der Waals surface area contributed by atoms with E-state index in [1.807, 2.05) is 6.92 Å². The van der Waals surface area contributed by atoms with Crippen molar-refractivity contribution in [2.24, 2.45) is 0 Å². The Balaban J connectivity index is 1.54. The molecule has 170 valence electrons. The van der Waals surface area contributed by atoms with E-state index < -0.39 is 11.7 Å². The summed E-state index contributed by atoms with van der Waals surface area (Å²) < 4.78 is 41.9. The zero-order valence-electron chi connectivity index (χ0n) is 17.4. The van der Waals surface area contributed by atoms with Crippen LogP contribution in [0, 0.1) is 0 Å². The van der Waals surface area contributed by atoms with Crippen molar-refractivity contribution in [3.63, 3.8) is 0 Å². The molecule has 0 saturated carbocycles.